The first-order valence-electron chi connectivity index (χ1n) is 4.24. The Morgan fingerprint density at radius 2 is 2.50 bits per heavy atom. The summed E-state index contributed by atoms with van der Waals surface area (Å²) in [6.45, 7) is 2.37. The second-order valence-electron chi connectivity index (χ2n) is 3.28. The predicted octanol–water partition coefficient (Wildman–Crippen LogP) is 0.799. The zero-order valence-corrected chi connectivity index (χ0v) is 7.14. The Balaban J connectivity index is 2.67. The van der Waals surface area contributed by atoms with Crippen molar-refractivity contribution in [1.29, 1.82) is 0 Å². The molecule has 1 saturated heterocycles. The summed E-state index contributed by atoms with van der Waals surface area (Å²) in [6, 6.07) is 0. The van der Waals surface area contributed by atoms with Crippen LogP contribution in [0, 0.1) is 5.92 Å². The van der Waals surface area contributed by atoms with Crippen molar-refractivity contribution in [2.24, 2.45) is 5.92 Å². The number of aliphatic carboxylic acids is 1. The molecular formula is C8H14FNO2. The van der Waals surface area contributed by atoms with Gasteiger partial charge in [0.2, 0.25) is 5.67 Å². The number of alkyl halides is 1. The molecule has 0 aliphatic carbocycles. The number of carboxylic acid groups (broad SMARTS) is 1. The fraction of sp³-hybridized carbons (Fsp3) is 0.875. The average molecular weight is 175 g/mol. The van der Waals surface area contributed by atoms with Gasteiger partial charge in [0.25, 0.3) is 0 Å². The van der Waals surface area contributed by atoms with Crippen molar-refractivity contribution in [3.05, 3.63) is 0 Å². The largest absolute Gasteiger partial charge is 0.479 e. The molecule has 70 valence electrons. The van der Waals surface area contributed by atoms with E-state index in [1.165, 1.54) is 0 Å². The minimum atomic E-state index is -2.03. The Kier molecular flexibility index (Phi) is 2.67. The fourth-order valence-corrected chi connectivity index (χ4v) is 1.66. The van der Waals surface area contributed by atoms with Gasteiger partial charge >= 0.3 is 5.97 Å². The third-order valence-electron chi connectivity index (χ3n) is 2.41. The average Bonchev–Trinajstić information content (AvgIpc) is 2.35. The molecule has 1 rings (SSSR count). The van der Waals surface area contributed by atoms with Crippen molar-refractivity contribution < 1.29 is 14.3 Å². The van der Waals surface area contributed by atoms with Gasteiger partial charge in [0, 0.05) is 19.0 Å². The SMILES string of the molecule is CCC[C@H]1CNC[C@@]1(F)C(=O)O. The molecule has 0 aromatic rings. The summed E-state index contributed by atoms with van der Waals surface area (Å²) in [5.74, 6) is -1.69. The number of hydrogen-bond acceptors (Lipinski definition) is 2. The molecule has 0 spiro atoms. The van der Waals surface area contributed by atoms with E-state index in [0.717, 1.165) is 6.42 Å². The summed E-state index contributed by atoms with van der Waals surface area (Å²) in [6.07, 6.45) is 1.46. The highest BCUT2D eigenvalue weighted by Gasteiger charge is 2.49. The Bertz CT molecular complexity index is 186. The molecular weight excluding hydrogens is 161 g/mol. The third kappa shape index (κ3) is 1.43. The molecule has 0 aromatic carbocycles. The van der Waals surface area contributed by atoms with Gasteiger partial charge in [0.15, 0.2) is 0 Å². The number of carboxylic acids is 1. The predicted molar refractivity (Wildman–Crippen MR) is 42.7 cm³/mol. The summed E-state index contributed by atoms with van der Waals surface area (Å²) in [5, 5.41) is 11.4. The highest BCUT2D eigenvalue weighted by molar-refractivity contribution is 5.78. The molecule has 1 heterocycles. The van der Waals surface area contributed by atoms with E-state index >= 15 is 0 Å². The van der Waals surface area contributed by atoms with Gasteiger partial charge in [-0.3, -0.25) is 0 Å². The van der Waals surface area contributed by atoms with Gasteiger partial charge in [-0.2, -0.15) is 0 Å². The third-order valence-corrected chi connectivity index (χ3v) is 2.41. The van der Waals surface area contributed by atoms with Crippen LogP contribution in [0.15, 0.2) is 0 Å². The molecule has 1 aliphatic rings. The van der Waals surface area contributed by atoms with E-state index in [0.29, 0.717) is 13.0 Å². The van der Waals surface area contributed by atoms with Crippen molar-refractivity contribution in [1.82, 2.24) is 5.32 Å². The summed E-state index contributed by atoms with van der Waals surface area (Å²) < 4.78 is 13.6. The molecule has 1 fully saturated rings. The van der Waals surface area contributed by atoms with E-state index in [9.17, 15) is 9.18 Å². The van der Waals surface area contributed by atoms with Crippen LogP contribution in [0.1, 0.15) is 19.8 Å². The molecule has 4 heteroatoms. The van der Waals surface area contributed by atoms with E-state index in [4.69, 9.17) is 5.11 Å². The Morgan fingerprint density at radius 3 is 3.00 bits per heavy atom. The van der Waals surface area contributed by atoms with Crippen LogP contribution >= 0.6 is 0 Å². The first-order chi connectivity index (χ1) is 5.61. The molecule has 0 amide bonds. The highest BCUT2D eigenvalue weighted by Crippen LogP contribution is 2.30. The number of rotatable bonds is 3. The minimum Gasteiger partial charge on any atom is -0.479 e. The van der Waals surface area contributed by atoms with Crippen LogP contribution in [0.2, 0.25) is 0 Å². The van der Waals surface area contributed by atoms with E-state index in [1.807, 2.05) is 6.92 Å². The van der Waals surface area contributed by atoms with Gasteiger partial charge in [0.1, 0.15) is 0 Å². The molecule has 0 aromatic heterocycles. The molecule has 3 nitrogen and oxygen atoms in total. The summed E-state index contributed by atoms with van der Waals surface area (Å²) in [5.41, 5.74) is -2.03. The van der Waals surface area contributed by atoms with Crippen molar-refractivity contribution >= 4 is 5.97 Å². The molecule has 12 heavy (non-hydrogen) atoms. The molecule has 0 radical (unpaired) electrons. The molecule has 0 saturated carbocycles. The lowest BCUT2D eigenvalue weighted by Gasteiger charge is -2.20. The second-order valence-corrected chi connectivity index (χ2v) is 3.28. The lowest BCUT2D eigenvalue weighted by molar-refractivity contribution is -0.152. The van der Waals surface area contributed by atoms with Crippen LogP contribution in [-0.2, 0) is 4.79 Å². The molecule has 1 aliphatic heterocycles. The Hall–Kier alpha value is -0.640. The summed E-state index contributed by atoms with van der Waals surface area (Å²) in [7, 11) is 0. The number of halogens is 1. The van der Waals surface area contributed by atoms with Crippen LogP contribution in [0.25, 0.3) is 0 Å². The van der Waals surface area contributed by atoms with Crippen molar-refractivity contribution in [3.63, 3.8) is 0 Å². The van der Waals surface area contributed by atoms with Crippen LogP contribution in [0.3, 0.4) is 0 Å². The van der Waals surface area contributed by atoms with E-state index in [-0.39, 0.29) is 12.5 Å². The second kappa shape index (κ2) is 3.39. The summed E-state index contributed by atoms with van der Waals surface area (Å²) >= 11 is 0. The molecule has 2 N–H and O–H groups in total. The van der Waals surface area contributed by atoms with E-state index < -0.39 is 11.6 Å². The quantitative estimate of drug-likeness (QED) is 0.667. The van der Waals surface area contributed by atoms with Gasteiger partial charge in [-0.05, 0) is 6.42 Å². The zero-order chi connectivity index (χ0) is 9.19. The lowest BCUT2D eigenvalue weighted by Crippen LogP contribution is -2.41. The molecule has 0 unspecified atom stereocenters. The van der Waals surface area contributed by atoms with Crippen molar-refractivity contribution in [2.45, 2.75) is 25.4 Å². The normalized spacial score (nSPS) is 35.3. The number of hydrogen-bond donors (Lipinski definition) is 2. The highest BCUT2D eigenvalue weighted by atomic mass is 19.1. The van der Waals surface area contributed by atoms with Crippen LogP contribution in [-0.4, -0.2) is 29.8 Å². The van der Waals surface area contributed by atoms with Gasteiger partial charge in [-0.1, -0.05) is 13.3 Å². The van der Waals surface area contributed by atoms with E-state index in [2.05, 4.69) is 5.32 Å². The van der Waals surface area contributed by atoms with Gasteiger partial charge < -0.3 is 10.4 Å². The van der Waals surface area contributed by atoms with Gasteiger partial charge in [0.05, 0.1) is 0 Å². The molecule has 0 bridgehead atoms. The zero-order valence-electron chi connectivity index (χ0n) is 7.14. The van der Waals surface area contributed by atoms with Crippen LogP contribution in [0.5, 0.6) is 0 Å². The van der Waals surface area contributed by atoms with Crippen LogP contribution in [0.4, 0.5) is 4.39 Å². The Morgan fingerprint density at radius 1 is 1.83 bits per heavy atom. The Labute approximate surface area is 71.0 Å². The number of carbonyl (C=O) groups is 1. The smallest absolute Gasteiger partial charge is 0.343 e. The number of nitrogens with one attached hydrogen (secondary N) is 1. The summed E-state index contributed by atoms with van der Waals surface area (Å²) in [4.78, 5) is 10.6. The monoisotopic (exact) mass is 175 g/mol. The van der Waals surface area contributed by atoms with E-state index in [1.54, 1.807) is 0 Å². The minimum absolute atomic E-state index is 0.0486. The maximum absolute atomic E-state index is 13.6. The standard InChI is InChI=1S/C8H14FNO2/c1-2-3-6-4-10-5-8(6,9)7(11)12/h6,10H,2-5H2,1H3,(H,11,12)/t6-,8-/m0/s1. The van der Waals surface area contributed by atoms with Crippen molar-refractivity contribution in [2.75, 3.05) is 13.1 Å². The fourth-order valence-electron chi connectivity index (χ4n) is 1.66. The molecule has 2 atom stereocenters. The maximum atomic E-state index is 13.6. The van der Waals surface area contributed by atoms with Crippen LogP contribution < -0.4 is 5.32 Å². The lowest BCUT2D eigenvalue weighted by atomic mass is 9.89. The van der Waals surface area contributed by atoms with Gasteiger partial charge in [-0.25, -0.2) is 9.18 Å². The first-order valence-corrected chi connectivity index (χ1v) is 4.24. The first kappa shape index (κ1) is 9.45. The van der Waals surface area contributed by atoms with Crippen molar-refractivity contribution in [3.8, 4) is 0 Å². The maximum Gasteiger partial charge on any atom is 0.343 e. The van der Waals surface area contributed by atoms with Gasteiger partial charge in [-0.15, -0.1) is 0 Å². The topological polar surface area (TPSA) is 49.3 Å².